The lowest BCUT2D eigenvalue weighted by molar-refractivity contribution is -0.119. The Balaban J connectivity index is 2.44. The Labute approximate surface area is 128 Å². The van der Waals surface area contributed by atoms with Crippen LogP contribution in [0.25, 0.3) is 0 Å². The summed E-state index contributed by atoms with van der Waals surface area (Å²) >= 11 is 16.8. The van der Waals surface area contributed by atoms with Crippen LogP contribution in [0, 0.1) is 0 Å². The Morgan fingerprint density at radius 1 is 1.32 bits per heavy atom. The van der Waals surface area contributed by atoms with Crippen LogP contribution in [0.2, 0.25) is 10.0 Å². The summed E-state index contributed by atoms with van der Waals surface area (Å²) in [5, 5.41) is 6.73. The lowest BCUT2D eigenvalue weighted by atomic mass is 10.2. The van der Waals surface area contributed by atoms with Crippen molar-refractivity contribution in [2.45, 2.75) is 32.6 Å². The molecule has 0 bridgehead atoms. The van der Waals surface area contributed by atoms with Crippen molar-refractivity contribution >= 4 is 52.1 Å². The van der Waals surface area contributed by atoms with E-state index < -0.39 is 0 Å². The maximum absolute atomic E-state index is 11.6. The lowest BCUT2D eigenvalue weighted by Gasteiger charge is -2.11. The molecule has 0 saturated carbocycles. The summed E-state index contributed by atoms with van der Waals surface area (Å²) in [6.45, 7) is 2.09. The van der Waals surface area contributed by atoms with Gasteiger partial charge in [0.15, 0.2) is 5.11 Å². The number of thiocarbonyl (C=S) groups is 1. The third kappa shape index (κ3) is 6.23. The zero-order valence-electron chi connectivity index (χ0n) is 10.6. The summed E-state index contributed by atoms with van der Waals surface area (Å²) < 4.78 is 0. The van der Waals surface area contributed by atoms with Crippen molar-refractivity contribution in [1.29, 1.82) is 0 Å². The van der Waals surface area contributed by atoms with E-state index in [2.05, 4.69) is 17.6 Å². The molecule has 104 valence electrons. The van der Waals surface area contributed by atoms with E-state index in [0.717, 1.165) is 19.3 Å². The first-order valence-corrected chi connectivity index (χ1v) is 7.25. The minimum atomic E-state index is -0.0870. The number of nitrogens with one attached hydrogen (secondary N) is 2. The molecule has 0 radical (unpaired) electrons. The van der Waals surface area contributed by atoms with Crippen molar-refractivity contribution in [2.24, 2.45) is 0 Å². The predicted octanol–water partition coefficient (Wildman–Crippen LogP) is 4.39. The fourth-order valence-electron chi connectivity index (χ4n) is 1.47. The molecule has 0 saturated heterocycles. The second kappa shape index (κ2) is 8.35. The van der Waals surface area contributed by atoms with Crippen molar-refractivity contribution in [3.8, 4) is 0 Å². The second-order valence-electron chi connectivity index (χ2n) is 4.08. The van der Waals surface area contributed by atoms with E-state index in [1.807, 2.05) is 0 Å². The third-order valence-corrected chi connectivity index (χ3v) is 3.19. The molecule has 19 heavy (non-hydrogen) atoms. The van der Waals surface area contributed by atoms with Crippen molar-refractivity contribution in [3.63, 3.8) is 0 Å². The summed E-state index contributed by atoms with van der Waals surface area (Å²) in [5.41, 5.74) is 0.616. The molecule has 0 atom stereocenters. The molecule has 0 unspecified atom stereocenters. The highest BCUT2D eigenvalue weighted by molar-refractivity contribution is 7.80. The van der Waals surface area contributed by atoms with Gasteiger partial charge in [0, 0.05) is 11.4 Å². The largest absolute Gasteiger partial charge is 0.331 e. The van der Waals surface area contributed by atoms with Gasteiger partial charge in [0.1, 0.15) is 0 Å². The van der Waals surface area contributed by atoms with E-state index in [0.29, 0.717) is 22.2 Å². The molecule has 0 heterocycles. The van der Waals surface area contributed by atoms with Crippen LogP contribution >= 0.6 is 35.4 Å². The summed E-state index contributed by atoms with van der Waals surface area (Å²) in [6.07, 6.45) is 3.46. The van der Waals surface area contributed by atoms with Gasteiger partial charge in [0.05, 0.1) is 10.7 Å². The molecule has 3 nitrogen and oxygen atoms in total. The van der Waals surface area contributed by atoms with E-state index in [1.165, 1.54) is 0 Å². The molecule has 6 heteroatoms. The molecule has 1 aromatic carbocycles. The number of hydrogen-bond acceptors (Lipinski definition) is 2. The number of hydrogen-bond donors (Lipinski definition) is 2. The normalized spacial score (nSPS) is 10.1. The minimum absolute atomic E-state index is 0.0870. The maximum atomic E-state index is 11.6. The smallest absolute Gasteiger partial charge is 0.226 e. The number of carbonyl (C=O) groups excluding carboxylic acids is 1. The molecule has 1 aromatic rings. The number of benzene rings is 1. The van der Waals surface area contributed by atoms with Gasteiger partial charge in [-0.2, -0.15) is 0 Å². The topological polar surface area (TPSA) is 41.1 Å². The Bertz CT molecular complexity index is 466. The number of carbonyl (C=O) groups is 1. The molecule has 1 rings (SSSR count). The SMILES string of the molecule is CCCCCC(=O)NC(=S)Nc1ccc(Cl)cc1Cl. The van der Waals surface area contributed by atoms with E-state index >= 15 is 0 Å². The zero-order valence-corrected chi connectivity index (χ0v) is 13.0. The van der Waals surface area contributed by atoms with Crippen LogP contribution in [0.3, 0.4) is 0 Å². The summed E-state index contributed by atoms with van der Waals surface area (Å²) in [7, 11) is 0. The Morgan fingerprint density at radius 3 is 2.68 bits per heavy atom. The average Bonchev–Trinajstić information content (AvgIpc) is 2.33. The van der Waals surface area contributed by atoms with Gasteiger partial charge in [0.2, 0.25) is 5.91 Å². The Hall–Kier alpha value is -0.840. The van der Waals surface area contributed by atoms with Crippen LogP contribution in [-0.4, -0.2) is 11.0 Å². The minimum Gasteiger partial charge on any atom is -0.331 e. The van der Waals surface area contributed by atoms with Crippen molar-refractivity contribution in [1.82, 2.24) is 5.32 Å². The van der Waals surface area contributed by atoms with Gasteiger partial charge < -0.3 is 10.6 Å². The van der Waals surface area contributed by atoms with Gasteiger partial charge in [-0.1, -0.05) is 43.0 Å². The molecule has 0 aromatic heterocycles. The van der Waals surface area contributed by atoms with Crippen LogP contribution in [0.1, 0.15) is 32.6 Å². The van der Waals surface area contributed by atoms with Crippen LogP contribution in [0.5, 0.6) is 0 Å². The number of unbranched alkanes of at least 4 members (excludes halogenated alkanes) is 2. The number of anilines is 1. The van der Waals surface area contributed by atoms with Crippen molar-refractivity contribution in [2.75, 3.05) is 5.32 Å². The quantitative estimate of drug-likeness (QED) is 0.625. The van der Waals surface area contributed by atoms with Crippen LogP contribution in [0.4, 0.5) is 5.69 Å². The van der Waals surface area contributed by atoms with Gasteiger partial charge in [-0.15, -0.1) is 0 Å². The van der Waals surface area contributed by atoms with Gasteiger partial charge in [-0.05, 0) is 36.8 Å². The summed E-state index contributed by atoms with van der Waals surface area (Å²) in [4.78, 5) is 11.6. The van der Waals surface area contributed by atoms with E-state index in [-0.39, 0.29) is 11.0 Å². The number of halogens is 2. The first kappa shape index (κ1) is 16.2. The lowest BCUT2D eigenvalue weighted by Crippen LogP contribution is -2.33. The molecule has 0 aliphatic heterocycles. The van der Waals surface area contributed by atoms with Crippen molar-refractivity contribution < 1.29 is 4.79 Å². The predicted molar refractivity (Wildman–Crippen MR) is 85.0 cm³/mol. The van der Waals surface area contributed by atoms with Gasteiger partial charge in [-0.25, -0.2) is 0 Å². The molecular weight excluding hydrogens is 303 g/mol. The standard InChI is InChI=1S/C13H16Cl2N2OS/c1-2-3-4-5-12(18)17-13(19)16-11-7-6-9(14)8-10(11)15/h6-8H,2-5H2,1H3,(H2,16,17,18,19). The van der Waals surface area contributed by atoms with Gasteiger partial charge in [0.25, 0.3) is 0 Å². The number of amides is 1. The Morgan fingerprint density at radius 2 is 2.05 bits per heavy atom. The van der Waals surface area contributed by atoms with E-state index in [9.17, 15) is 4.79 Å². The summed E-state index contributed by atoms with van der Waals surface area (Å²) in [5.74, 6) is -0.0870. The van der Waals surface area contributed by atoms with Crippen LogP contribution in [-0.2, 0) is 4.79 Å². The second-order valence-corrected chi connectivity index (χ2v) is 5.34. The van der Waals surface area contributed by atoms with E-state index in [1.54, 1.807) is 18.2 Å². The summed E-state index contributed by atoms with van der Waals surface area (Å²) in [6, 6.07) is 5.01. The average molecular weight is 319 g/mol. The maximum Gasteiger partial charge on any atom is 0.226 e. The monoisotopic (exact) mass is 318 g/mol. The molecule has 0 spiro atoms. The molecular formula is C13H16Cl2N2OS. The number of rotatable bonds is 5. The van der Waals surface area contributed by atoms with Crippen LogP contribution < -0.4 is 10.6 Å². The molecule has 1 amide bonds. The highest BCUT2D eigenvalue weighted by Gasteiger charge is 2.06. The fraction of sp³-hybridized carbons (Fsp3) is 0.385. The molecule has 2 N–H and O–H groups in total. The zero-order chi connectivity index (χ0) is 14.3. The molecule has 0 fully saturated rings. The van der Waals surface area contributed by atoms with E-state index in [4.69, 9.17) is 35.4 Å². The Kier molecular flexibility index (Phi) is 7.13. The highest BCUT2D eigenvalue weighted by atomic mass is 35.5. The molecule has 0 aliphatic rings. The first-order valence-electron chi connectivity index (χ1n) is 6.08. The van der Waals surface area contributed by atoms with Crippen molar-refractivity contribution in [3.05, 3.63) is 28.2 Å². The highest BCUT2D eigenvalue weighted by Crippen LogP contribution is 2.25. The fourth-order valence-corrected chi connectivity index (χ4v) is 2.15. The first-order chi connectivity index (χ1) is 9.02. The molecule has 0 aliphatic carbocycles. The van der Waals surface area contributed by atoms with Gasteiger partial charge >= 0.3 is 0 Å². The van der Waals surface area contributed by atoms with Gasteiger partial charge in [-0.3, -0.25) is 4.79 Å². The third-order valence-electron chi connectivity index (χ3n) is 2.44. The van der Waals surface area contributed by atoms with Crippen LogP contribution in [0.15, 0.2) is 18.2 Å².